The minimum atomic E-state index is -3.88. The Labute approximate surface area is 164 Å². The summed E-state index contributed by atoms with van der Waals surface area (Å²) in [6.45, 7) is 2.70. The Morgan fingerprint density at radius 2 is 2.04 bits per heavy atom. The molecule has 0 saturated carbocycles. The van der Waals surface area contributed by atoms with Crippen LogP contribution >= 0.6 is 0 Å². The number of ether oxygens (including phenoxy) is 1. The number of benzene rings is 2. The number of hydrogen-bond donors (Lipinski definition) is 2. The summed E-state index contributed by atoms with van der Waals surface area (Å²) >= 11 is 0. The van der Waals surface area contributed by atoms with Gasteiger partial charge in [-0.3, -0.25) is 4.79 Å². The molecule has 1 heterocycles. The molecule has 2 N–H and O–H groups in total. The number of aryl methyl sites for hydroxylation is 1. The third kappa shape index (κ3) is 4.76. The molecule has 0 spiro atoms. The van der Waals surface area contributed by atoms with Crippen molar-refractivity contribution in [1.82, 2.24) is 4.72 Å². The number of sulfonamides is 1. The van der Waals surface area contributed by atoms with Crippen molar-refractivity contribution in [3.05, 3.63) is 59.4 Å². The van der Waals surface area contributed by atoms with Crippen LogP contribution in [0, 0.1) is 5.82 Å². The standard InChI is InChI=1S/C20H23FN2O4S/c1-2-14-6-3-4-8-19(14)23-20(24)17-12-16(9-10-18(17)21)28(25,26)22-13-15-7-5-11-27-15/h3-4,6,8-10,12,15,22H,2,5,7,11,13H2,1H3,(H,23,24). The largest absolute Gasteiger partial charge is 0.377 e. The van der Waals surface area contributed by atoms with E-state index in [0.29, 0.717) is 18.7 Å². The predicted molar refractivity (Wildman–Crippen MR) is 104 cm³/mol. The average Bonchev–Trinajstić information content (AvgIpc) is 3.21. The summed E-state index contributed by atoms with van der Waals surface area (Å²) in [6, 6.07) is 10.4. The van der Waals surface area contributed by atoms with Gasteiger partial charge in [0.2, 0.25) is 10.0 Å². The fourth-order valence-electron chi connectivity index (χ4n) is 3.08. The lowest BCUT2D eigenvalue weighted by molar-refractivity contribution is 0.102. The lowest BCUT2D eigenvalue weighted by Crippen LogP contribution is -2.32. The van der Waals surface area contributed by atoms with Crippen molar-refractivity contribution >= 4 is 21.6 Å². The van der Waals surface area contributed by atoms with E-state index in [-0.39, 0.29) is 23.1 Å². The smallest absolute Gasteiger partial charge is 0.258 e. The van der Waals surface area contributed by atoms with Gasteiger partial charge >= 0.3 is 0 Å². The third-order valence-electron chi connectivity index (χ3n) is 4.66. The Morgan fingerprint density at radius 3 is 2.75 bits per heavy atom. The molecule has 2 aromatic rings. The summed E-state index contributed by atoms with van der Waals surface area (Å²) < 4.78 is 47.1. The molecule has 1 aliphatic heterocycles. The summed E-state index contributed by atoms with van der Waals surface area (Å²) in [5, 5.41) is 2.66. The molecule has 1 fully saturated rings. The Morgan fingerprint density at radius 1 is 1.25 bits per heavy atom. The minimum absolute atomic E-state index is 0.144. The summed E-state index contributed by atoms with van der Waals surface area (Å²) in [4.78, 5) is 12.4. The molecule has 1 unspecified atom stereocenters. The maximum absolute atomic E-state index is 14.2. The average molecular weight is 406 g/mol. The van der Waals surface area contributed by atoms with Crippen LogP contribution < -0.4 is 10.0 Å². The molecule has 3 rings (SSSR count). The summed E-state index contributed by atoms with van der Waals surface area (Å²) in [7, 11) is -3.88. The van der Waals surface area contributed by atoms with Crippen LogP contribution in [0.15, 0.2) is 47.4 Å². The van der Waals surface area contributed by atoms with E-state index in [2.05, 4.69) is 10.0 Å². The molecule has 2 aromatic carbocycles. The maximum Gasteiger partial charge on any atom is 0.258 e. The van der Waals surface area contributed by atoms with Gasteiger partial charge in [-0.05, 0) is 49.1 Å². The Hall–Kier alpha value is -2.29. The van der Waals surface area contributed by atoms with Gasteiger partial charge in [0.05, 0.1) is 16.6 Å². The Bertz CT molecular complexity index is 956. The molecule has 1 saturated heterocycles. The number of amides is 1. The topological polar surface area (TPSA) is 84.5 Å². The lowest BCUT2D eigenvalue weighted by atomic mass is 10.1. The molecule has 150 valence electrons. The highest BCUT2D eigenvalue weighted by Gasteiger charge is 2.22. The van der Waals surface area contributed by atoms with Crippen molar-refractivity contribution in [3.63, 3.8) is 0 Å². The second-order valence-corrected chi connectivity index (χ2v) is 8.36. The summed E-state index contributed by atoms with van der Waals surface area (Å²) in [5.74, 6) is -1.49. The normalized spacial score (nSPS) is 16.9. The second kappa shape index (κ2) is 8.81. The van der Waals surface area contributed by atoms with Gasteiger partial charge in [0.25, 0.3) is 5.91 Å². The van der Waals surface area contributed by atoms with Gasteiger partial charge in [-0.1, -0.05) is 25.1 Å². The van der Waals surface area contributed by atoms with E-state index in [0.717, 1.165) is 36.6 Å². The van der Waals surface area contributed by atoms with E-state index in [4.69, 9.17) is 4.74 Å². The zero-order valence-electron chi connectivity index (χ0n) is 15.6. The van der Waals surface area contributed by atoms with Crippen LogP contribution in [-0.4, -0.2) is 33.6 Å². The van der Waals surface area contributed by atoms with Crippen LogP contribution in [0.2, 0.25) is 0 Å². The number of nitrogens with one attached hydrogen (secondary N) is 2. The monoisotopic (exact) mass is 406 g/mol. The van der Waals surface area contributed by atoms with Gasteiger partial charge in [-0.25, -0.2) is 17.5 Å². The molecule has 1 atom stereocenters. The fraction of sp³-hybridized carbons (Fsp3) is 0.350. The molecule has 0 aliphatic carbocycles. The van der Waals surface area contributed by atoms with Crippen LogP contribution in [0.3, 0.4) is 0 Å². The van der Waals surface area contributed by atoms with E-state index in [9.17, 15) is 17.6 Å². The number of carbonyl (C=O) groups excluding carboxylic acids is 1. The number of hydrogen-bond acceptors (Lipinski definition) is 4. The summed E-state index contributed by atoms with van der Waals surface area (Å²) in [6.07, 6.45) is 2.22. The first-order chi connectivity index (χ1) is 13.4. The highest BCUT2D eigenvalue weighted by Crippen LogP contribution is 2.20. The maximum atomic E-state index is 14.2. The SMILES string of the molecule is CCc1ccccc1NC(=O)c1cc(S(=O)(=O)NCC2CCCO2)ccc1F. The molecule has 0 radical (unpaired) electrons. The first-order valence-electron chi connectivity index (χ1n) is 9.21. The number of anilines is 1. The zero-order valence-corrected chi connectivity index (χ0v) is 16.4. The molecule has 8 heteroatoms. The van der Waals surface area contributed by atoms with E-state index in [1.54, 1.807) is 12.1 Å². The van der Waals surface area contributed by atoms with Crippen LogP contribution in [0.25, 0.3) is 0 Å². The quantitative estimate of drug-likeness (QED) is 0.740. The molecular formula is C20H23FN2O4S. The van der Waals surface area contributed by atoms with E-state index in [1.807, 2.05) is 19.1 Å². The summed E-state index contributed by atoms with van der Waals surface area (Å²) in [5.41, 5.74) is 1.14. The number of halogens is 1. The van der Waals surface area contributed by atoms with Crippen molar-refractivity contribution in [2.75, 3.05) is 18.5 Å². The first-order valence-corrected chi connectivity index (χ1v) is 10.7. The highest BCUT2D eigenvalue weighted by atomic mass is 32.2. The second-order valence-electron chi connectivity index (χ2n) is 6.59. The molecule has 1 aliphatic rings. The van der Waals surface area contributed by atoms with E-state index >= 15 is 0 Å². The van der Waals surface area contributed by atoms with Crippen molar-refractivity contribution in [2.24, 2.45) is 0 Å². The third-order valence-corrected chi connectivity index (χ3v) is 6.09. The van der Waals surface area contributed by atoms with Gasteiger partial charge in [0, 0.05) is 18.8 Å². The Balaban J connectivity index is 1.79. The van der Waals surface area contributed by atoms with Gasteiger partial charge in [-0.2, -0.15) is 0 Å². The molecule has 28 heavy (non-hydrogen) atoms. The van der Waals surface area contributed by atoms with Crippen LogP contribution in [-0.2, 0) is 21.2 Å². The molecule has 0 bridgehead atoms. The minimum Gasteiger partial charge on any atom is -0.377 e. The number of carbonyl (C=O) groups is 1. The van der Waals surface area contributed by atoms with Gasteiger partial charge < -0.3 is 10.1 Å². The van der Waals surface area contributed by atoms with Crippen molar-refractivity contribution in [3.8, 4) is 0 Å². The van der Waals surface area contributed by atoms with E-state index < -0.39 is 21.7 Å². The fourth-order valence-corrected chi connectivity index (χ4v) is 4.17. The predicted octanol–water partition coefficient (Wildman–Crippen LogP) is 3.10. The van der Waals surface area contributed by atoms with Crippen molar-refractivity contribution in [1.29, 1.82) is 0 Å². The first kappa shape index (κ1) is 20.4. The number of rotatable bonds is 7. The Kier molecular flexibility index (Phi) is 6.43. The van der Waals surface area contributed by atoms with Gasteiger partial charge in [-0.15, -0.1) is 0 Å². The highest BCUT2D eigenvalue weighted by molar-refractivity contribution is 7.89. The lowest BCUT2D eigenvalue weighted by Gasteiger charge is -2.13. The van der Waals surface area contributed by atoms with E-state index in [1.165, 1.54) is 0 Å². The van der Waals surface area contributed by atoms with Crippen LogP contribution in [0.1, 0.15) is 35.7 Å². The zero-order chi connectivity index (χ0) is 20.1. The van der Waals surface area contributed by atoms with Crippen molar-refractivity contribution < 1.29 is 22.3 Å². The molecule has 0 aromatic heterocycles. The van der Waals surface area contributed by atoms with Crippen LogP contribution in [0.4, 0.5) is 10.1 Å². The van der Waals surface area contributed by atoms with Gasteiger partial charge in [0.15, 0.2) is 0 Å². The van der Waals surface area contributed by atoms with Gasteiger partial charge in [0.1, 0.15) is 5.82 Å². The molecule has 6 nitrogen and oxygen atoms in total. The van der Waals surface area contributed by atoms with Crippen molar-refractivity contribution in [2.45, 2.75) is 37.2 Å². The molecular weight excluding hydrogens is 383 g/mol. The molecule has 1 amide bonds. The number of para-hydroxylation sites is 1. The van der Waals surface area contributed by atoms with Crippen LogP contribution in [0.5, 0.6) is 0 Å².